The molecule has 2 aromatic rings. The van der Waals surface area contributed by atoms with Gasteiger partial charge in [0.1, 0.15) is 17.9 Å². The summed E-state index contributed by atoms with van der Waals surface area (Å²) in [6, 6.07) is 0.824. The number of aliphatic hydroxyl groups is 1. The Labute approximate surface area is 236 Å². The third-order valence-corrected chi connectivity index (χ3v) is 9.16. The van der Waals surface area contributed by atoms with E-state index in [4.69, 9.17) is 0 Å². The average molecular weight is 575 g/mol. The number of benzene rings is 1. The highest BCUT2D eigenvalue weighted by Crippen LogP contribution is 2.41. The Kier molecular flexibility index (Phi) is 7.50. The van der Waals surface area contributed by atoms with Crippen molar-refractivity contribution in [2.45, 2.75) is 96.1 Å². The van der Waals surface area contributed by atoms with Crippen LogP contribution >= 0.6 is 11.3 Å². The highest BCUT2D eigenvalue weighted by molar-refractivity contribution is 7.13. The van der Waals surface area contributed by atoms with E-state index < -0.39 is 53.0 Å². The Morgan fingerprint density at radius 1 is 1.25 bits per heavy atom. The minimum atomic E-state index is -1.95. The fourth-order valence-corrected chi connectivity index (χ4v) is 6.52. The molecule has 2 fully saturated rings. The SMILES string of the molecule is Cc1ncsc1-c1cc2c(cc1F)C(NC(=O)[C@@H]1C[C@@H](O)CN1C(=O)[C@@H](NC(=O)C1(F)CC1)C(C)(C)C)CCC2. The smallest absolute Gasteiger partial charge is 0.258 e. The van der Waals surface area contributed by atoms with Gasteiger partial charge in [-0.3, -0.25) is 14.4 Å². The zero-order valence-electron chi connectivity index (χ0n) is 23.2. The quantitative estimate of drug-likeness (QED) is 0.487. The maximum Gasteiger partial charge on any atom is 0.258 e. The molecule has 11 heteroatoms. The molecule has 1 aromatic carbocycles. The molecule has 1 saturated heterocycles. The maximum absolute atomic E-state index is 15.3. The molecule has 0 bridgehead atoms. The number of carbonyl (C=O) groups excluding carboxylic acids is 3. The van der Waals surface area contributed by atoms with Crippen LogP contribution in [-0.2, 0) is 20.8 Å². The molecule has 3 N–H and O–H groups in total. The topological polar surface area (TPSA) is 112 Å². The predicted molar refractivity (Wildman–Crippen MR) is 147 cm³/mol. The van der Waals surface area contributed by atoms with Crippen molar-refractivity contribution in [3.8, 4) is 10.4 Å². The lowest BCUT2D eigenvalue weighted by molar-refractivity contribution is -0.145. The van der Waals surface area contributed by atoms with Gasteiger partial charge >= 0.3 is 0 Å². The lowest BCUT2D eigenvalue weighted by Gasteiger charge is -2.36. The van der Waals surface area contributed by atoms with Crippen LogP contribution < -0.4 is 10.6 Å². The Hall–Kier alpha value is -2.92. The molecule has 8 nitrogen and oxygen atoms in total. The number of hydrogen-bond acceptors (Lipinski definition) is 6. The van der Waals surface area contributed by atoms with Crippen molar-refractivity contribution in [3.63, 3.8) is 0 Å². The largest absolute Gasteiger partial charge is 0.391 e. The molecule has 3 amide bonds. The molecule has 2 aliphatic carbocycles. The van der Waals surface area contributed by atoms with Gasteiger partial charge in [-0.15, -0.1) is 11.3 Å². The van der Waals surface area contributed by atoms with Gasteiger partial charge in [0.25, 0.3) is 5.91 Å². The minimum absolute atomic E-state index is 0.0347. The molecule has 0 spiro atoms. The molecule has 0 radical (unpaired) electrons. The third kappa shape index (κ3) is 5.50. The van der Waals surface area contributed by atoms with Crippen LogP contribution in [0.25, 0.3) is 10.4 Å². The molecule has 1 aliphatic heterocycles. The van der Waals surface area contributed by atoms with Gasteiger partial charge < -0.3 is 20.6 Å². The van der Waals surface area contributed by atoms with Crippen LogP contribution in [0, 0.1) is 18.2 Å². The summed E-state index contributed by atoms with van der Waals surface area (Å²) in [6.07, 6.45) is 1.50. The Bertz CT molecular complexity index is 1340. The van der Waals surface area contributed by atoms with Gasteiger partial charge in [-0.25, -0.2) is 13.8 Å². The van der Waals surface area contributed by atoms with Gasteiger partial charge in [0.05, 0.1) is 28.2 Å². The number of aromatic nitrogens is 1. The number of rotatable bonds is 6. The highest BCUT2D eigenvalue weighted by atomic mass is 32.1. The summed E-state index contributed by atoms with van der Waals surface area (Å²) in [4.78, 5) is 46.0. The number of amides is 3. The van der Waals surface area contributed by atoms with Crippen LogP contribution in [0.15, 0.2) is 17.6 Å². The number of nitrogens with zero attached hydrogens (tertiary/aromatic N) is 2. The van der Waals surface area contributed by atoms with Gasteiger partial charge in [0.2, 0.25) is 11.8 Å². The molecule has 216 valence electrons. The molecule has 5 rings (SSSR count). The van der Waals surface area contributed by atoms with Gasteiger partial charge in [0, 0.05) is 18.5 Å². The van der Waals surface area contributed by atoms with Crippen LogP contribution in [0.3, 0.4) is 0 Å². The molecule has 2 heterocycles. The van der Waals surface area contributed by atoms with Gasteiger partial charge in [0.15, 0.2) is 5.67 Å². The molecule has 1 unspecified atom stereocenters. The number of aryl methyl sites for hydroxylation is 2. The van der Waals surface area contributed by atoms with Crippen molar-refractivity contribution in [1.29, 1.82) is 0 Å². The Morgan fingerprint density at radius 2 is 1.98 bits per heavy atom. The van der Waals surface area contributed by atoms with E-state index in [1.54, 1.807) is 26.3 Å². The molecule has 3 aliphatic rings. The summed E-state index contributed by atoms with van der Waals surface area (Å²) in [5, 5.41) is 16.0. The van der Waals surface area contributed by atoms with E-state index in [9.17, 15) is 23.9 Å². The number of thiazole rings is 1. The number of halogens is 2. The Morgan fingerprint density at radius 3 is 2.60 bits per heavy atom. The summed E-state index contributed by atoms with van der Waals surface area (Å²) in [5.41, 5.74) is 1.89. The van der Waals surface area contributed by atoms with Crippen molar-refractivity contribution >= 4 is 29.1 Å². The monoisotopic (exact) mass is 574 g/mol. The van der Waals surface area contributed by atoms with E-state index in [0.717, 1.165) is 29.0 Å². The first kappa shape index (κ1) is 28.6. The van der Waals surface area contributed by atoms with Crippen LogP contribution in [0.4, 0.5) is 8.78 Å². The standard InChI is InChI=1S/C29H36F2N4O4S/c1-15-23(40-14-32-15)19-10-16-6-5-7-21(18(16)12-20(19)30)33-25(37)22-11-17(36)13-35(22)26(38)24(28(2,3)4)34-27(39)29(31)8-9-29/h10,12,14,17,21-22,24,36H,5-9,11,13H2,1-4H3,(H,33,37)(H,34,39)/t17-,21?,22+,24-/m1/s1. The van der Waals surface area contributed by atoms with E-state index in [0.29, 0.717) is 17.5 Å². The second-order valence-corrected chi connectivity index (χ2v) is 13.2. The number of alkyl halides is 1. The van der Waals surface area contributed by atoms with Crippen LogP contribution in [-0.4, -0.2) is 63.1 Å². The van der Waals surface area contributed by atoms with Gasteiger partial charge in [-0.05, 0) is 67.7 Å². The van der Waals surface area contributed by atoms with Crippen molar-refractivity contribution in [2.75, 3.05) is 6.54 Å². The summed E-state index contributed by atoms with van der Waals surface area (Å²) >= 11 is 1.38. The van der Waals surface area contributed by atoms with Crippen molar-refractivity contribution in [1.82, 2.24) is 20.5 Å². The lowest BCUT2D eigenvalue weighted by atomic mass is 9.85. The van der Waals surface area contributed by atoms with E-state index in [1.165, 1.54) is 22.3 Å². The summed E-state index contributed by atoms with van der Waals surface area (Å²) in [6.45, 7) is 7.03. The van der Waals surface area contributed by atoms with E-state index >= 15 is 4.39 Å². The summed E-state index contributed by atoms with van der Waals surface area (Å²) in [5.74, 6) is -2.20. The number of hydrogen-bond donors (Lipinski definition) is 3. The average Bonchev–Trinajstić information content (AvgIpc) is 3.30. The van der Waals surface area contributed by atoms with Gasteiger partial charge in [-0.2, -0.15) is 0 Å². The van der Waals surface area contributed by atoms with Crippen LogP contribution in [0.2, 0.25) is 0 Å². The first-order chi connectivity index (χ1) is 18.8. The summed E-state index contributed by atoms with van der Waals surface area (Å²) in [7, 11) is 0. The van der Waals surface area contributed by atoms with Crippen molar-refractivity contribution < 1.29 is 28.3 Å². The molecule has 40 heavy (non-hydrogen) atoms. The van der Waals surface area contributed by atoms with E-state index in [2.05, 4.69) is 15.6 Å². The minimum Gasteiger partial charge on any atom is -0.391 e. The number of β-amino-alcohol motifs (C(OH)–C–C–N with tert-alkyl or cyclic N) is 1. The second-order valence-electron chi connectivity index (χ2n) is 12.4. The normalized spacial score (nSPS) is 24.3. The zero-order chi connectivity index (χ0) is 29.0. The first-order valence-corrected chi connectivity index (χ1v) is 14.7. The number of nitrogens with one attached hydrogen (secondary N) is 2. The van der Waals surface area contributed by atoms with Gasteiger partial charge in [-0.1, -0.05) is 20.8 Å². The van der Waals surface area contributed by atoms with E-state index in [-0.39, 0.29) is 31.6 Å². The zero-order valence-corrected chi connectivity index (χ0v) is 24.0. The third-order valence-electron chi connectivity index (χ3n) is 8.20. The molecule has 1 aromatic heterocycles. The fourth-order valence-electron chi connectivity index (χ4n) is 5.70. The van der Waals surface area contributed by atoms with Crippen molar-refractivity contribution in [2.24, 2.45) is 5.41 Å². The predicted octanol–water partition coefficient (Wildman–Crippen LogP) is 3.75. The molecule has 1 saturated carbocycles. The van der Waals surface area contributed by atoms with Crippen LogP contribution in [0.1, 0.15) is 75.7 Å². The number of carbonyl (C=O) groups is 3. The second kappa shape index (κ2) is 10.5. The molecular weight excluding hydrogens is 538 g/mol. The maximum atomic E-state index is 15.3. The fraction of sp³-hybridized carbons (Fsp3) is 0.586. The van der Waals surface area contributed by atoms with E-state index in [1.807, 2.05) is 13.0 Å². The number of aliphatic hydroxyl groups excluding tert-OH is 1. The Balaban J connectivity index is 1.35. The lowest BCUT2D eigenvalue weighted by Crippen LogP contribution is -2.59. The molecule has 4 atom stereocenters. The van der Waals surface area contributed by atoms with Crippen molar-refractivity contribution in [3.05, 3.63) is 40.3 Å². The number of likely N-dealkylation sites (tertiary alicyclic amines) is 1. The highest BCUT2D eigenvalue weighted by Gasteiger charge is 2.53. The first-order valence-electron chi connectivity index (χ1n) is 13.8. The summed E-state index contributed by atoms with van der Waals surface area (Å²) < 4.78 is 29.7. The number of fused-ring (bicyclic) bond motifs is 1. The molecular formula is C29H36F2N4O4S. The van der Waals surface area contributed by atoms with Crippen LogP contribution in [0.5, 0.6) is 0 Å².